The van der Waals surface area contributed by atoms with Crippen LogP contribution in [0.15, 0.2) is 36.4 Å². The molecule has 28 heavy (non-hydrogen) atoms. The summed E-state index contributed by atoms with van der Waals surface area (Å²) >= 11 is 0. The fourth-order valence-electron chi connectivity index (χ4n) is 2.90. The average molecular weight is 384 g/mol. The van der Waals surface area contributed by atoms with Gasteiger partial charge in [0.25, 0.3) is 0 Å². The zero-order valence-corrected chi connectivity index (χ0v) is 16.1. The molecule has 7 heteroatoms. The standard InChI is InChI=1S/C21H24N2O5/c1-3-27-20(25)13-23(14-21(26)28-4-2)19(24)11-15-9-10-16(12-22)18-8-6-5-7-17(15)18/h5-10,12,22H,3-4,11,13-14H2,1-2H3. The number of nitrogens with zero attached hydrogens (tertiary/aromatic N) is 1. The lowest BCUT2D eigenvalue weighted by atomic mass is 9.98. The number of ether oxygens (including phenoxy) is 2. The summed E-state index contributed by atoms with van der Waals surface area (Å²) in [5, 5.41) is 9.25. The first-order chi connectivity index (χ1) is 13.5. The van der Waals surface area contributed by atoms with Gasteiger partial charge in [0.1, 0.15) is 13.1 Å². The van der Waals surface area contributed by atoms with Crippen molar-refractivity contribution in [3.63, 3.8) is 0 Å². The highest BCUT2D eigenvalue weighted by Crippen LogP contribution is 2.23. The van der Waals surface area contributed by atoms with Gasteiger partial charge in [-0.15, -0.1) is 0 Å². The first-order valence-electron chi connectivity index (χ1n) is 9.10. The number of nitrogens with one attached hydrogen (secondary N) is 1. The Morgan fingerprint density at radius 1 is 0.929 bits per heavy atom. The maximum atomic E-state index is 12.9. The van der Waals surface area contributed by atoms with Gasteiger partial charge in [-0.05, 0) is 35.7 Å². The van der Waals surface area contributed by atoms with E-state index in [-0.39, 0.29) is 38.6 Å². The van der Waals surface area contributed by atoms with Gasteiger partial charge in [0.15, 0.2) is 0 Å². The number of hydrogen-bond acceptors (Lipinski definition) is 6. The van der Waals surface area contributed by atoms with Crippen LogP contribution in [0.2, 0.25) is 0 Å². The van der Waals surface area contributed by atoms with Crippen molar-refractivity contribution in [2.45, 2.75) is 20.3 Å². The van der Waals surface area contributed by atoms with Crippen LogP contribution < -0.4 is 0 Å². The second-order valence-electron chi connectivity index (χ2n) is 6.04. The zero-order chi connectivity index (χ0) is 20.5. The van der Waals surface area contributed by atoms with Gasteiger partial charge in [-0.1, -0.05) is 36.4 Å². The van der Waals surface area contributed by atoms with Crippen molar-refractivity contribution in [3.8, 4) is 0 Å². The van der Waals surface area contributed by atoms with Gasteiger partial charge in [0, 0.05) is 6.21 Å². The van der Waals surface area contributed by atoms with Crippen LogP contribution in [0.3, 0.4) is 0 Å². The van der Waals surface area contributed by atoms with Crippen LogP contribution in [0.4, 0.5) is 0 Å². The molecule has 2 aromatic rings. The summed E-state index contributed by atoms with van der Waals surface area (Å²) in [7, 11) is 0. The summed E-state index contributed by atoms with van der Waals surface area (Å²) in [4.78, 5) is 37.7. The number of carbonyl (C=O) groups excluding carboxylic acids is 3. The Hall–Kier alpha value is -3.22. The molecule has 2 rings (SSSR count). The van der Waals surface area contributed by atoms with Gasteiger partial charge in [-0.25, -0.2) is 0 Å². The van der Waals surface area contributed by atoms with Crippen LogP contribution in [0.5, 0.6) is 0 Å². The average Bonchev–Trinajstić information content (AvgIpc) is 2.68. The number of rotatable bonds is 9. The molecule has 0 saturated carbocycles. The Morgan fingerprint density at radius 2 is 1.50 bits per heavy atom. The van der Waals surface area contributed by atoms with Crippen molar-refractivity contribution in [2.24, 2.45) is 0 Å². The van der Waals surface area contributed by atoms with E-state index < -0.39 is 11.9 Å². The highest BCUT2D eigenvalue weighted by molar-refractivity contribution is 6.01. The van der Waals surface area contributed by atoms with Gasteiger partial charge in [-0.3, -0.25) is 14.4 Å². The molecule has 0 saturated heterocycles. The van der Waals surface area contributed by atoms with Crippen LogP contribution in [-0.2, 0) is 30.3 Å². The molecular formula is C21H24N2O5. The number of hydrogen-bond donors (Lipinski definition) is 1. The predicted molar refractivity (Wildman–Crippen MR) is 105 cm³/mol. The van der Waals surface area contributed by atoms with Gasteiger partial charge in [0.2, 0.25) is 5.91 Å². The second-order valence-corrected chi connectivity index (χ2v) is 6.04. The minimum atomic E-state index is -0.579. The SMILES string of the molecule is CCOC(=O)CN(CC(=O)OCC)C(=O)Cc1ccc(C=N)c2ccccc12. The highest BCUT2D eigenvalue weighted by atomic mass is 16.5. The van der Waals surface area contributed by atoms with Crippen LogP contribution in [-0.4, -0.2) is 55.3 Å². The zero-order valence-electron chi connectivity index (χ0n) is 16.1. The fraction of sp³-hybridized carbons (Fsp3) is 0.333. The summed E-state index contributed by atoms with van der Waals surface area (Å²) < 4.78 is 9.81. The Labute approximate surface area is 163 Å². The van der Waals surface area contributed by atoms with E-state index in [0.717, 1.165) is 26.8 Å². The van der Waals surface area contributed by atoms with E-state index in [2.05, 4.69) is 0 Å². The molecule has 0 radical (unpaired) electrons. The molecule has 0 fully saturated rings. The van der Waals surface area contributed by atoms with E-state index in [9.17, 15) is 14.4 Å². The number of amides is 1. The molecule has 1 amide bonds. The molecule has 0 atom stereocenters. The van der Waals surface area contributed by atoms with E-state index in [1.54, 1.807) is 26.0 Å². The summed E-state index contributed by atoms with van der Waals surface area (Å²) in [6.45, 7) is 3.09. The van der Waals surface area contributed by atoms with E-state index in [1.165, 1.54) is 6.21 Å². The van der Waals surface area contributed by atoms with Gasteiger partial charge < -0.3 is 19.8 Å². The lowest BCUT2D eigenvalue weighted by Gasteiger charge is -2.21. The molecule has 0 aliphatic heterocycles. The fourth-order valence-corrected chi connectivity index (χ4v) is 2.90. The monoisotopic (exact) mass is 384 g/mol. The predicted octanol–water partition coefficient (Wildman–Crippen LogP) is 2.33. The van der Waals surface area contributed by atoms with Gasteiger partial charge in [-0.2, -0.15) is 0 Å². The van der Waals surface area contributed by atoms with Gasteiger partial charge in [0.05, 0.1) is 19.6 Å². The number of esters is 2. The van der Waals surface area contributed by atoms with Crippen molar-refractivity contribution in [1.82, 2.24) is 4.90 Å². The Kier molecular flexibility index (Phi) is 7.68. The van der Waals surface area contributed by atoms with Crippen LogP contribution in [0.25, 0.3) is 10.8 Å². The van der Waals surface area contributed by atoms with E-state index in [1.807, 2.05) is 24.3 Å². The summed E-state index contributed by atoms with van der Waals surface area (Å²) in [5.41, 5.74) is 1.51. The molecule has 0 aliphatic rings. The van der Waals surface area contributed by atoms with E-state index >= 15 is 0 Å². The number of fused-ring (bicyclic) bond motifs is 1. The van der Waals surface area contributed by atoms with Crippen LogP contribution in [0, 0.1) is 5.41 Å². The van der Waals surface area contributed by atoms with Crippen molar-refractivity contribution in [3.05, 3.63) is 47.5 Å². The first-order valence-corrected chi connectivity index (χ1v) is 9.10. The van der Waals surface area contributed by atoms with Gasteiger partial charge >= 0.3 is 11.9 Å². The molecule has 0 unspecified atom stereocenters. The van der Waals surface area contributed by atoms with Crippen molar-refractivity contribution in [2.75, 3.05) is 26.3 Å². The topological polar surface area (TPSA) is 96.8 Å². The molecule has 0 aromatic heterocycles. The van der Waals surface area contributed by atoms with E-state index in [4.69, 9.17) is 14.9 Å². The molecule has 0 aliphatic carbocycles. The van der Waals surface area contributed by atoms with Crippen molar-refractivity contribution < 1.29 is 23.9 Å². The summed E-state index contributed by atoms with van der Waals surface area (Å²) in [6.07, 6.45) is 1.28. The molecule has 0 spiro atoms. The van der Waals surface area contributed by atoms with Crippen LogP contribution >= 0.6 is 0 Å². The minimum Gasteiger partial charge on any atom is -0.465 e. The van der Waals surface area contributed by atoms with Crippen molar-refractivity contribution >= 4 is 34.8 Å². The molecule has 148 valence electrons. The normalized spacial score (nSPS) is 10.4. The molecule has 0 bridgehead atoms. The molecule has 1 N–H and O–H groups in total. The van der Waals surface area contributed by atoms with E-state index in [0.29, 0.717) is 0 Å². The van der Waals surface area contributed by atoms with Crippen LogP contribution in [0.1, 0.15) is 25.0 Å². The summed E-state index contributed by atoms with van der Waals surface area (Å²) in [6, 6.07) is 11.1. The Balaban J connectivity index is 2.26. The lowest BCUT2D eigenvalue weighted by molar-refractivity contribution is -0.153. The third-order valence-electron chi connectivity index (χ3n) is 4.15. The largest absolute Gasteiger partial charge is 0.465 e. The quantitative estimate of drug-likeness (QED) is 0.529. The molecule has 2 aromatic carbocycles. The molecule has 0 heterocycles. The first kappa shape index (κ1) is 21.1. The maximum absolute atomic E-state index is 12.9. The third kappa shape index (κ3) is 5.39. The second kappa shape index (κ2) is 10.2. The maximum Gasteiger partial charge on any atom is 0.325 e. The molecular weight excluding hydrogens is 360 g/mol. The smallest absolute Gasteiger partial charge is 0.325 e. The highest BCUT2D eigenvalue weighted by Gasteiger charge is 2.22. The third-order valence-corrected chi connectivity index (χ3v) is 4.15. The Bertz CT molecular complexity index is 858. The number of carbonyl (C=O) groups is 3. The minimum absolute atomic E-state index is 0.0115. The lowest BCUT2D eigenvalue weighted by Crippen LogP contribution is -2.41. The Morgan fingerprint density at radius 3 is 2.04 bits per heavy atom. The number of benzene rings is 2. The van der Waals surface area contributed by atoms with Crippen molar-refractivity contribution in [1.29, 1.82) is 5.41 Å². The molecule has 7 nitrogen and oxygen atoms in total. The summed E-state index contributed by atoms with van der Waals surface area (Å²) in [5.74, 6) is -1.54.